The predicted molar refractivity (Wildman–Crippen MR) is 119 cm³/mol. The van der Waals surface area contributed by atoms with E-state index in [1.807, 2.05) is 13.8 Å². The van der Waals surface area contributed by atoms with E-state index < -0.39 is 13.5 Å². The molecule has 1 aromatic heterocycles. The van der Waals surface area contributed by atoms with E-state index in [9.17, 15) is 19.1 Å². The molecule has 0 radical (unpaired) electrons. The number of nitrogens with one attached hydrogen (secondary N) is 1. The second kappa shape index (κ2) is 9.98. The molecule has 0 fully saturated rings. The maximum atomic E-state index is 12.7. The molecule has 1 aliphatic rings. The van der Waals surface area contributed by atoms with Gasteiger partial charge in [0.2, 0.25) is 0 Å². The van der Waals surface area contributed by atoms with Crippen molar-refractivity contribution in [1.82, 2.24) is 4.98 Å². The van der Waals surface area contributed by atoms with Gasteiger partial charge in [-0.1, -0.05) is 17.4 Å². The number of anilines is 1. The van der Waals surface area contributed by atoms with E-state index in [1.165, 1.54) is 0 Å². The lowest BCUT2D eigenvalue weighted by atomic mass is 10.2. The molecule has 1 aliphatic heterocycles. The van der Waals surface area contributed by atoms with E-state index in [0.29, 0.717) is 28.9 Å². The van der Waals surface area contributed by atoms with Crippen LogP contribution in [0, 0.1) is 0 Å². The summed E-state index contributed by atoms with van der Waals surface area (Å²) in [6.07, 6.45) is 5.04. The van der Waals surface area contributed by atoms with Crippen LogP contribution >= 0.6 is 30.7 Å². The molecule has 0 saturated heterocycles. The van der Waals surface area contributed by atoms with Crippen LogP contribution in [-0.2, 0) is 4.57 Å². The number of benzene rings is 1. The minimum absolute atomic E-state index is 0.0816. The lowest BCUT2D eigenvalue weighted by Gasteiger charge is -2.15. The zero-order chi connectivity index (χ0) is 21.7. The van der Waals surface area contributed by atoms with E-state index >= 15 is 0 Å². The fourth-order valence-electron chi connectivity index (χ4n) is 2.68. The molecule has 1 amide bonds. The van der Waals surface area contributed by atoms with Gasteiger partial charge >= 0.3 is 7.60 Å². The Labute approximate surface area is 182 Å². The molecular weight excluding hydrogens is 447 g/mol. The second-order valence-electron chi connectivity index (χ2n) is 6.86. The van der Waals surface area contributed by atoms with Crippen LogP contribution in [0.5, 0.6) is 11.5 Å². The lowest BCUT2D eigenvalue weighted by Crippen LogP contribution is -2.13. The SMILES string of the molecule is CC(C)Oc1cc(OCCC2CC=CS2)cc(C(=O)Nc2ncc(P(=O)(O)O)s2)c1. The third-order valence-corrected chi connectivity index (χ3v) is 7.54. The maximum Gasteiger partial charge on any atom is 0.367 e. The van der Waals surface area contributed by atoms with E-state index in [4.69, 9.17) is 9.47 Å². The highest BCUT2D eigenvalue weighted by Crippen LogP contribution is 2.36. The monoisotopic (exact) mass is 470 g/mol. The van der Waals surface area contributed by atoms with Crippen LogP contribution in [0.2, 0.25) is 0 Å². The average Bonchev–Trinajstić information content (AvgIpc) is 3.32. The van der Waals surface area contributed by atoms with Gasteiger partial charge in [-0.3, -0.25) is 14.7 Å². The molecule has 1 unspecified atom stereocenters. The molecule has 11 heteroatoms. The highest BCUT2D eigenvalue weighted by atomic mass is 32.2. The standard InChI is InChI=1S/C19H23N2O6PS2/c1-12(2)27-15-9-13(8-14(10-15)26-6-5-16-4-3-7-29-16)18(22)21-19-20-11-17(30-19)28(23,24)25/h3,7-12,16H,4-6H2,1-2H3,(H,20,21,22)(H2,23,24,25). The molecule has 2 heterocycles. The Kier molecular flexibility index (Phi) is 7.60. The Morgan fingerprint density at radius 2 is 2.10 bits per heavy atom. The van der Waals surface area contributed by atoms with Crippen LogP contribution in [-0.4, -0.2) is 38.6 Å². The normalized spacial score (nSPS) is 16.1. The van der Waals surface area contributed by atoms with Crippen LogP contribution in [0.25, 0.3) is 0 Å². The Hall–Kier alpha value is -1.84. The molecule has 3 rings (SSSR count). The summed E-state index contributed by atoms with van der Waals surface area (Å²) in [5.41, 5.74) is 0.299. The van der Waals surface area contributed by atoms with E-state index in [0.717, 1.165) is 30.4 Å². The molecule has 0 spiro atoms. The molecule has 30 heavy (non-hydrogen) atoms. The highest BCUT2D eigenvalue weighted by Gasteiger charge is 2.22. The summed E-state index contributed by atoms with van der Waals surface area (Å²) < 4.78 is 22.7. The summed E-state index contributed by atoms with van der Waals surface area (Å²) in [6.45, 7) is 4.29. The van der Waals surface area contributed by atoms with Crippen LogP contribution in [0.15, 0.2) is 35.9 Å². The number of hydrogen-bond acceptors (Lipinski definition) is 7. The van der Waals surface area contributed by atoms with Crippen molar-refractivity contribution in [1.29, 1.82) is 0 Å². The number of thioether (sulfide) groups is 1. The lowest BCUT2D eigenvalue weighted by molar-refractivity contribution is 0.102. The first-order chi connectivity index (χ1) is 14.2. The van der Waals surface area contributed by atoms with E-state index in [1.54, 1.807) is 30.0 Å². The molecule has 0 saturated carbocycles. The molecule has 1 aromatic carbocycles. The Bertz CT molecular complexity index is 964. The minimum Gasteiger partial charge on any atom is -0.493 e. The van der Waals surface area contributed by atoms with Gasteiger partial charge < -0.3 is 19.3 Å². The number of rotatable bonds is 9. The van der Waals surface area contributed by atoms with Gasteiger partial charge in [-0.2, -0.15) is 0 Å². The van der Waals surface area contributed by atoms with Gasteiger partial charge in [0, 0.05) is 16.9 Å². The van der Waals surface area contributed by atoms with Crippen LogP contribution in [0.3, 0.4) is 0 Å². The van der Waals surface area contributed by atoms with Gasteiger partial charge in [0.15, 0.2) is 5.13 Å². The molecule has 1 atom stereocenters. The smallest absolute Gasteiger partial charge is 0.367 e. The van der Waals surface area contributed by atoms with Gasteiger partial charge in [0.25, 0.3) is 5.91 Å². The predicted octanol–water partition coefficient (Wildman–Crippen LogP) is 3.77. The summed E-state index contributed by atoms with van der Waals surface area (Å²) in [6, 6.07) is 4.95. The van der Waals surface area contributed by atoms with Crippen molar-refractivity contribution in [3.63, 3.8) is 0 Å². The number of hydrogen-bond donors (Lipinski definition) is 3. The van der Waals surface area contributed by atoms with Gasteiger partial charge in [0.05, 0.1) is 18.9 Å². The highest BCUT2D eigenvalue weighted by molar-refractivity contribution is 8.03. The summed E-state index contributed by atoms with van der Waals surface area (Å²) in [5.74, 6) is 0.542. The molecule has 162 valence electrons. The zero-order valence-corrected chi connectivity index (χ0v) is 19.0. The van der Waals surface area contributed by atoms with Gasteiger partial charge in [-0.05, 0) is 44.2 Å². The summed E-state index contributed by atoms with van der Waals surface area (Å²) in [5, 5.41) is 5.27. The first-order valence-electron chi connectivity index (χ1n) is 9.29. The molecular formula is C19H23N2O6PS2. The summed E-state index contributed by atoms with van der Waals surface area (Å²) >= 11 is 2.52. The number of aromatic nitrogens is 1. The zero-order valence-electron chi connectivity index (χ0n) is 16.5. The first-order valence-corrected chi connectivity index (χ1v) is 12.7. The first kappa shape index (κ1) is 22.8. The van der Waals surface area contributed by atoms with Crippen molar-refractivity contribution >= 4 is 46.4 Å². The average molecular weight is 471 g/mol. The Morgan fingerprint density at radius 3 is 2.73 bits per heavy atom. The van der Waals surface area contributed by atoms with Crippen molar-refractivity contribution in [2.75, 3.05) is 11.9 Å². The third-order valence-electron chi connectivity index (χ3n) is 3.99. The van der Waals surface area contributed by atoms with Crippen LogP contribution in [0.1, 0.15) is 37.0 Å². The number of carbonyl (C=O) groups excluding carboxylic acids is 1. The van der Waals surface area contributed by atoms with Crippen molar-refractivity contribution in [3.8, 4) is 11.5 Å². The molecule has 0 bridgehead atoms. The molecule has 2 aromatic rings. The largest absolute Gasteiger partial charge is 0.493 e. The van der Waals surface area contributed by atoms with Gasteiger partial charge in [-0.25, -0.2) is 4.98 Å². The number of allylic oxidation sites excluding steroid dienone is 1. The summed E-state index contributed by atoms with van der Waals surface area (Å²) in [4.78, 5) is 34.9. The fraction of sp³-hybridized carbons (Fsp3) is 0.368. The van der Waals surface area contributed by atoms with Crippen molar-refractivity contribution in [3.05, 3.63) is 41.4 Å². The number of nitrogens with zero attached hydrogens (tertiary/aromatic N) is 1. The van der Waals surface area contributed by atoms with Crippen molar-refractivity contribution < 1.29 is 28.6 Å². The summed E-state index contributed by atoms with van der Waals surface area (Å²) in [7, 11) is -4.41. The van der Waals surface area contributed by atoms with Gasteiger partial charge in [0.1, 0.15) is 16.1 Å². The van der Waals surface area contributed by atoms with E-state index in [2.05, 4.69) is 21.8 Å². The topological polar surface area (TPSA) is 118 Å². The second-order valence-corrected chi connectivity index (χ2v) is 11.0. The number of amides is 1. The van der Waals surface area contributed by atoms with Crippen molar-refractivity contribution in [2.45, 2.75) is 38.0 Å². The molecule has 3 N–H and O–H groups in total. The number of carbonyl (C=O) groups is 1. The minimum atomic E-state index is -4.41. The quantitative estimate of drug-likeness (QED) is 0.474. The Morgan fingerprint density at radius 1 is 1.33 bits per heavy atom. The molecule has 8 nitrogen and oxygen atoms in total. The van der Waals surface area contributed by atoms with Crippen LogP contribution < -0.4 is 19.4 Å². The van der Waals surface area contributed by atoms with Crippen LogP contribution in [0.4, 0.5) is 5.13 Å². The van der Waals surface area contributed by atoms with E-state index in [-0.39, 0.29) is 15.9 Å². The Balaban J connectivity index is 1.71. The van der Waals surface area contributed by atoms with Gasteiger partial charge in [-0.15, -0.1) is 11.8 Å². The molecule has 0 aliphatic carbocycles. The van der Waals surface area contributed by atoms with Crippen molar-refractivity contribution in [2.24, 2.45) is 0 Å². The third kappa shape index (κ3) is 6.58. The number of ether oxygens (including phenoxy) is 2. The number of thiazole rings is 1. The maximum absolute atomic E-state index is 12.7. The fourth-order valence-corrected chi connectivity index (χ4v) is 5.07.